The molecule has 0 saturated carbocycles. The van der Waals surface area contributed by atoms with E-state index in [0.29, 0.717) is 11.8 Å². The topological polar surface area (TPSA) is 76.1 Å². The minimum Gasteiger partial charge on any atom is -0.481 e. The van der Waals surface area contributed by atoms with E-state index < -0.39 is 0 Å². The predicted octanol–water partition coefficient (Wildman–Crippen LogP) is 0.730. The smallest absolute Gasteiger partial charge is 0.239 e. The number of nitrogens with zero attached hydrogens (tertiary/aromatic N) is 2. The number of hydrogen-bond acceptors (Lipinski definition) is 5. The Hall–Kier alpha value is -1.85. The summed E-state index contributed by atoms with van der Waals surface area (Å²) in [6.45, 7) is 5.79. The molecule has 17 heavy (non-hydrogen) atoms. The van der Waals surface area contributed by atoms with Gasteiger partial charge in [-0.15, -0.1) is 0 Å². The van der Waals surface area contributed by atoms with Gasteiger partial charge in [0.2, 0.25) is 17.7 Å². The molecule has 0 aromatic carbocycles. The summed E-state index contributed by atoms with van der Waals surface area (Å²) in [5, 5.41) is 5.62. The van der Waals surface area contributed by atoms with Crippen LogP contribution < -0.4 is 15.4 Å². The van der Waals surface area contributed by atoms with Crippen LogP contribution in [0.15, 0.2) is 6.07 Å². The fraction of sp³-hybridized carbons (Fsp3) is 0.545. The number of carbonyl (C=O) groups excluding carboxylic acids is 1. The summed E-state index contributed by atoms with van der Waals surface area (Å²) in [6.07, 6.45) is 0. The van der Waals surface area contributed by atoms with Gasteiger partial charge < -0.3 is 15.4 Å². The van der Waals surface area contributed by atoms with Crippen molar-refractivity contribution in [1.82, 2.24) is 15.3 Å². The fourth-order valence-electron chi connectivity index (χ4n) is 1.26. The largest absolute Gasteiger partial charge is 0.481 e. The molecular formula is C11H18N4O2. The van der Waals surface area contributed by atoms with Gasteiger partial charge in [0.1, 0.15) is 0 Å². The van der Waals surface area contributed by atoms with Crippen LogP contribution in [0.4, 0.5) is 5.95 Å². The number of anilines is 1. The van der Waals surface area contributed by atoms with Crippen LogP contribution in [0.5, 0.6) is 5.88 Å². The maximum Gasteiger partial charge on any atom is 0.239 e. The molecule has 0 fully saturated rings. The average Bonchev–Trinajstić information content (AvgIpc) is 2.24. The molecule has 0 unspecified atom stereocenters. The van der Waals surface area contributed by atoms with Crippen molar-refractivity contribution in [3.63, 3.8) is 0 Å². The molecule has 0 bridgehead atoms. The Morgan fingerprint density at radius 3 is 2.76 bits per heavy atom. The Labute approximate surface area is 101 Å². The third-order valence-corrected chi connectivity index (χ3v) is 1.90. The van der Waals surface area contributed by atoms with Crippen molar-refractivity contribution >= 4 is 11.9 Å². The third-order valence-electron chi connectivity index (χ3n) is 1.90. The normalized spacial score (nSPS) is 10.2. The van der Waals surface area contributed by atoms with E-state index in [2.05, 4.69) is 20.6 Å². The van der Waals surface area contributed by atoms with Crippen molar-refractivity contribution in [3.05, 3.63) is 11.8 Å². The Balaban J connectivity index is 2.57. The molecule has 6 heteroatoms. The Bertz CT molecular complexity index is 393. The Kier molecular flexibility index (Phi) is 4.68. The first kappa shape index (κ1) is 13.2. The van der Waals surface area contributed by atoms with Gasteiger partial charge in [-0.3, -0.25) is 4.79 Å². The van der Waals surface area contributed by atoms with Crippen LogP contribution >= 0.6 is 0 Å². The first-order valence-electron chi connectivity index (χ1n) is 5.44. The van der Waals surface area contributed by atoms with Crippen LogP contribution in [0.25, 0.3) is 0 Å². The zero-order valence-electron chi connectivity index (χ0n) is 10.6. The fourth-order valence-corrected chi connectivity index (χ4v) is 1.26. The summed E-state index contributed by atoms with van der Waals surface area (Å²) >= 11 is 0. The maximum absolute atomic E-state index is 11.4. The number of amides is 1. The highest BCUT2D eigenvalue weighted by Crippen LogP contribution is 2.10. The van der Waals surface area contributed by atoms with Crippen LogP contribution in [0, 0.1) is 6.92 Å². The van der Waals surface area contributed by atoms with E-state index in [0.717, 1.165) is 5.69 Å². The number of nitrogens with one attached hydrogen (secondary N) is 2. The second-order valence-corrected chi connectivity index (χ2v) is 3.95. The molecule has 0 aliphatic heterocycles. The number of aryl methyl sites for hydroxylation is 1. The molecule has 0 saturated heterocycles. The summed E-state index contributed by atoms with van der Waals surface area (Å²) in [5.41, 5.74) is 0.781. The number of ether oxygens (including phenoxy) is 1. The molecule has 1 heterocycles. The highest BCUT2D eigenvalue weighted by molar-refractivity contribution is 5.80. The van der Waals surface area contributed by atoms with Crippen LogP contribution in [-0.4, -0.2) is 35.6 Å². The van der Waals surface area contributed by atoms with E-state index in [1.54, 1.807) is 6.07 Å². The lowest BCUT2D eigenvalue weighted by atomic mass is 10.4. The van der Waals surface area contributed by atoms with Gasteiger partial charge in [0.05, 0.1) is 13.7 Å². The molecule has 0 aliphatic carbocycles. The lowest BCUT2D eigenvalue weighted by Gasteiger charge is -2.10. The Morgan fingerprint density at radius 2 is 2.18 bits per heavy atom. The Morgan fingerprint density at radius 1 is 1.47 bits per heavy atom. The van der Waals surface area contributed by atoms with Crippen LogP contribution in [-0.2, 0) is 4.79 Å². The molecule has 1 rings (SSSR count). The maximum atomic E-state index is 11.4. The van der Waals surface area contributed by atoms with E-state index in [1.807, 2.05) is 20.8 Å². The van der Waals surface area contributed by atoms with Gasteiger partial charge in [-0.1, -0.05) is 0 Å². The monoisotopic (exact) mass is 238 g/mol. The molecule has 0 radical (unpaired) electrons. The lowest BCUT2D eigenvalue weighted by Crippen LogP contribution is -2.35. The molecule has 1 aromatic heterocycles. The second-order valence-electron chi connectivity index (χ2n) is 3.95. The number of aromatic nitrogens is 2. The first-order valence-corrected chi connectivity index (χ1v) is 5.44. The van der Waals surface area contributed by atoms with Crippen molar-refractivity contribution in [2.24, 2.45) is 0 Å². The van der Waals surface area contributed by atoms with Crippen LogP contribution in [0.1, 0.15) is 19.5 Å². The SMILES string of the molecule is COc1cc(C)nc(NCC(=O)NC(C)C)n1. The quantitative estimate of drug-likeness (QED) is 0.791. The van der Waals surface area contributed by atoms with E-state index >= 15 is 0 Å². The summed E-state index contributed by atoms with van der Waals surface area (Å²) in [7, 11) is 1.54. The molecule has 2 N–H and O–H groups in total. The number of carbonyl (C=O) groups is 1. The number of methoxy groups -OCH3 is 1. The zero-order chi connectivity index (χ0) is 12.8. The van der Waals surface area contributed by atoms with Gasteiger partial charge in [0.15, 0.2) is 0 Å². The number of rotatable bonds is 5. The van der Waals surface area contributed by atoms with Gasteiger partial charge >= 0.3 is 0 Å². The summed E-state index contributed by atoms with van der Waals surface area (Å²) in [6, 6.07) is 1.84. The third kappa shape index (κ3) is 4.67. The zero-order valence-corrected chi connectivity index (χ0v) is 10.6. The molecule has 0 atom stereocenters. The van der Waals surface area contributed by atoms with E-state index in [1.165, 1.54) is 7.11 Å². The molecular weight excluding hydrogens is 220 g/mol. The first-order chi connectivity index (χ1) is 8.01. The van der Waals surface area contributed by atoms with Gasteiger partial charge in [0, 0.05) is 17.8 Å². The summed E-state index contributed by atoms with van der Waals surface area (Å²) in [4.78, 5) is 19.6. The van der Waals surface area contributed by atoms with E-state index in [4.69, 9.17) is 4.74 Å². The van der Waals surface area contributed by atoms with Crippen molar-refractivity contribution < 1.29 is 9.53 Å². The minimum atomic E-state index is -0.0935. The van der Waals surface area contributed by atoms with E-state index in [9.17, 15) is 4.79 Å². The summed E-state index contributed by atoms with van der Waals surface area (Å²) < 4.78 is 5.02. The average molecular weight is 238 g/mol. The van der Waals surface area contributed by atoms with Gasteiger partial charge in [-0.05, 0) is 20.8 Å². The van der Waals surface area contributed by atoms with Crippen molar-refractivity contribution in [2.75, 3.05) is 19.0 Å². The number of hydrogen-bond donors (Lipinski definition) is 2. The second kappa shape index (κ2) is 6.03. The highest BCUT2D eigenvalue weighted by atomic mass is 16.5. The van der Waals surface area contributed by atoms with Gasteiger partial charge in [-0.2, -0.15) is 4.98 Å². The van der Waals surface area contributed by atoms with Crippen molar-refractivity contribution in [1.29, 1.82) is 0 Å². The molecule has 0 spiro atoms. The van der Waals surface area contributed by atoms with Gasteiger partial charge in [0.25, 0.3) is 0 Å². The minimum absolute atomic E-state index is 0.0935. The van der Waals surface area contributed by atoms with Crippen molar-refractivity contribution in [2.45, 2.75) is 26.8 Å². The van der Waals surface area contributed by atoms with E-state index in [-0.39, 0.29) is 18.5 Å². The molecule has 1 aromatic rings. The molecule has 0 aliphatic rings. The molecule has 94 valence electrons. The lowest BCUT2D eigenvalue weighted by molar-refractivity contribution is -0.119. The summed E-state index contributed by atoms with van der Waals surface area (Å²) in [5.74, 6) is 0.772. The van der Waals surface area contributed by atoms with Crippen LogP contribution in [0.2, 0.25) is 0 Å². The standard InChI is InChI=1S/C11H18N4O2/c1-7(2)13-9(16)6-12-11-14-8(3)5-10(15-11)17-4/h5,7H,6H2,1-4H3,(H,13,16)(H,12,14,15). The van der Waals surface area contributed by atoms with Crippen LogP contribution in [0.3, 0.4) is 0 Å². The van der Waals surface area contributed by atoms with Gasteiger partial charge in [-0.25, -0.2) is 4.98 Å². The van der Waals surface area contributed by atoms with Crippen molar-refractivity contribution in [3.8, 4) is 5.88 Å². The highest BCUT2D eigenvalue weighted by Gasteiger charge is 2.06. The molecule has 1 amide bonds. The molecule has 6 nitrogen and oxygen atoms in total. The predicted molar refractivity (Wildman–Crippen MR) is 65.1 cm³/mol.